The molecule has 5 nitrogen and oxygen atoms in total. The van der Waals surface area contributed by atoms with Crippen molar-refractivity contribution >= 4 is 38.8 Å². The Morgan fingerprint density at radius 2 is 1.86 bits per heavy atom. The van der Waals surface area contributed by atoms with Crippen LogP contribution in [0.2, 0.25) is 0 Å². The van der Waals surface area contributed by atoms with Crippen molar-refractivity contribution < 1.29 is 31.1 Å². The molecule has 0 saturated carbocycles. The summed E-state index contributed by atoms with van der Waals surface area (Å²) in [6, 6.07) is 14.5. The molecule has 1 N–H and O–H groups in total. The minimum absolute atomic E-state index is 0.162. The monoisotopic (exact) mass is 560 g/mol. The van der Waals surface area contributed by atoms with E-state index < -0.39 is 28.7 Å². The highest BCUT2D eigenvalue weighted by atomic mass is 32.2. The van der Waals surface area contributed by atoms with E-state index in [1.807, 2.05) is 4.90 Å². The highest BCUT2D eigenvalue weighted by Gasteiger charge is 2.40. The molecule has 3 aromatic rings. The third kappa shape index (κ3) is 5.57. The van der Waals surface area contributed by atoms with Gasteiger partial charge >= 0.3 is 0 Å². The van der Waals surface area contributed by atoms with Crippen LogP contribution in [0.3, 0.4) is 0 Å². The van der Waals surface area contributed by atoms with Gasteiger partial charge in [0, 0.05) is 36.0 Å². The number of thiophene rings is 1. The highest BCUT2D eigenvalue weighted by molar-refractivity contribution is 7.99. The van der Waals surface area contributed by atoms with Crippen molar-refractivity contribution in [1.29, 1.82) is 0 Å². The van der Waals surface area contributed by atoms with Crippen LogP contribution in [0.5, 0.6) is 0 Å². The number of aliphatic hydroxyl groups is 1. The largest absolute Gasteiger partial charge is 0.377 e. The number of alkyl halides is 3. The number of anilines is 1. The van der Waals surface area contributed by atoms with E-state index in [9.17, 15) is 31.1 Å². The summed E-state index contributed by atoms with van der Waals surface area (Å²) in [7, 11) is -3.69. The number of nitrogens with zero attached hydrogens (tertiary/aromatic N) is 2. The molecule has 0 radical (unpaired) electrons. The molecule has 1 aromatic heterocycles. The van der Waals surface area contributed by atoms with Crippen LogP contribution in [0.4, 0.5) is 23.2 Å². The standard InChI is InChI=1S/C24H24F4N2O3S3/c25-16-24(31,23(27)28)17-6-8-19(9-7-17)30-11-10-29(36(32,33)22-5-2-12-34-22)14-20(30)15-35-21-4-1-3-18(26)13-21/h1-9,12-13,20,23,31H,10-11,14-16H2/t20-,24?/m1/s1. The predicted octanol–water partition coefficient (Wildman–Crippen LogP) is 4.98. The van der Waals surface area contributed by atoms with Crippen LogP contribution in [0.1, 0.15) is 5.56 Å². The van der Waals surface area contributed by atoms with Gasteiger partial charge in [0.05, 0.1) is 6.04 Å². The number of thioether (sulfide) groups is 1. The highest BCUT2D eigenvalue weighted by Crippen LogP contribution is 2.33. The zero-order valence-electron chi connectivity index (χ0n) is 18.9. The molecule has 1 unspecified atom stereocenters. The van der Waals surface area contributed by atoms with Crippen LogP contribution in [0.25, 0.3) is 0 Å². The Morgan fingerprint density at radius 1 is 1.11 bits per heavy atom. The number of rotatable bonds is 9. The summed E-state index contributed by atoms with van der Waals surface area (Å²) in [5, 5.41) is 11.7. The number of hydrogen-bond donors (Lipinski definition) is 1. The normalized spacial score (nSPS) is 18.9. The maximum atomic E-state index is 13.7. The second-order valence-electron chi connectivity index (χ2n) is 8.32. The summed E-state index contributed by atoms with van der Waals surface area (Å²) in [4.78, 5) is 2.64. The first kappa shape index (κ1) is 26.9. The summed E-state index contributed by atoms with van der Waals surface area (Å²) in [6.07, 6.45) is -3.30. The molecule has 36 heavy (non-hydrogen) atoms. The van der Waals surface area contributed by atoms with Crippen LogP contribution in [0.15, 0.2) is 75.1 Å². The molecule has 2 heterocycles. The van der Waals surface area contributed by atoms with Crippen LogP contribution < -0.4 is 4.90 Å². The fourth-order valence-corrected chi connectivity index (χ4v) is 7.67. The molecule has 4 rings (SSSR count). The van der Waals surface area contributed by atoms with Crippen molar-refractivity contribution in [2.45, 2.75) is 27.2 Å². The minimum atomic E-state index is -3.69. The Hall–Kier alpha value is -2.12. The zero-order valence-corrected chi connectivity index (χ0v) is 21.4. The Balaban J connectivity index is 1.59. The van der Waals surface area contributed by atoms with E-state index in [0.717, 1.165) is 11.3 Å². The first-order valence-electron chi connectivity index (χ1n) is 11.0. The molecule has 0 aliphatic carbocycles. The quantitative estimate of drug-likeness (QED) is 0.296. The van der Waals surface area contributed by atoms with E-state index in [2.05, 4.69) is 0 Å². The number of halogens is 4. The Bertz CT molecular complexity index is 1260. The van der Waals surface area contributed by atoms with Gasteiger partial charge in [-0.25, -0.2) is 26.0 Å². The fraction of sp³-hybridized carbons (Fsp3) is 0.333. The predicted molar refractivity (Wildman–Crippen MR) is 134 cm³/mol. The van der Waals surface area contributed by atoms with Crippen molar-refractivity contribution in [3.8, 4) is 0 Å². The van der Waals surface area contributed by atoms with Gasteiger partial charge in [-0.3, -0.25) is 0 Å². The Kier molecular flexibility index (Phi) is 8.30. The molecule has 1 aliphatic heterocycles. The summed E-state index contributed by atoms with van der Waals surface area (Å²) < 4.78 is 81.3. The van der Waals surface area contributed by atoms with Gasteiger partial charge in [-0.15, -0.1) is 23.1 Å². The van der Waals surface area contributed by atoms with Gasteiger partial charge in [0.15, 0.2) is 5.60 Å². The summed E-state index contributed by atoms with van der Waals surface area (Å²) in [5.41, 5.74) is -2.51. The van der Waals surface area contributed by atoms with E-state index in [1.165, 1.54) is 52.5 Å². The van der Waals surface area contributed by atoms with Crippen molar-refractivity contribution in [3.63, 3.8) is 0 Å². The van der Waals surface area contributed by atoms with E-state index >= 15 is 0 Å². The lowest BCUT2D eigenvalue weighted by Crippen LogP contribution is -2.55. The summed E-state index contributed by atoms with van der Waals surface area (Å²) >= 11 is 2.51. The molecule has 2 atom stereocenters. The first-order chi connectivity index (χ1) is 17.1. The number of hydrogen-bond acceptors (Lipinski definition) is 6. The molecule has 0 bridgehead atoms. The maximum absolute atomic E-state index is 13.7. The Morgan fingerprint density at radius 3 is 2.47 bits per heavy atom. The zero-order chi connectivity index (χ0) is 25.9. The van der Waals surface area contributed by atoms with E-state index in [1.54, 1.807) is 29.6 Å². The lowest BCUT2D eigenvalue weighted by Gasteiger charge is -2.42. The number of piperazine rings is 1. The molecular weight excluding hydrogens is 536 g/mol. The smallest absolute Gasteiger partial charge is 0.273 e. The maximum Gasteiger partial charge on any atom is 0.273 e. The molecule has 1 aliphatic rings. The van der Waals surface area contributed by atoms with Crippen LogP contribution in [-0.2, 0) is 15.6 Å². The van der Waals surface area contributed by atoms with Crippen LogP contribution in [-0.4, -0.2) is 62.4 Å². The number of sulfonamides is 1. The van der Waals surface area contributed by atoms with Crippen molar-refractivity contribution in [3.05, 3.63) is 77.4 Å². The van der Waals surface area contributed by atoms with Gasteiger partial charge in [0.1, 0.15) is 16.7 Å². The molecule has 1 saturated heterocycles. The molecule has 1 fully saturated rings. The van der Waals surface area contributed by atoms with E-state index in [-0.39, 0.29) is 34.7 Å². The molecular formula is C24H24F4N2O3S3. The molecule has 194 valence electrons. The second-order valence-corrected chi connectivity index (χ2v) is 12.5. The summed E-state index contributed by atoms with van der Waals surface area (Å²) in [5.74, 6) is 0.0463. The van der Waals surface area contributed by atoms with Gasteiger partial charge in [0.25, 0.3) is 16.4 Å². The SMILES string of the molecule is O=S(=O)(c1cccs1)N1CCN(c2ccc(C(O)(CF)C(F)F)cc2)[C@@H](CSc2cccc(F)c2)C1. The topological polar surface area (TPSA) is 60.9 Å². The lowest BCUT2D eigenvalue weighted by molar-refractivity contribution is -0.114. The minimum Gasteiger partial charge on any atom is -0.377 e. The molecule has 0 spiro atoms. The third-order valence-electron chi connectivity index (χ3n) is 6.04. The average molecular weight is 561 g/mol. The van der Waals surface area contributed by atoms with Gasteiger partial charge in [0.2, 0.25) is 0 Å². The lowest BCUT2D eigenvalue weighted by atomic mass is 9.95. The Labute approximate surface area is 215 Å². The fourth-order valence-electron chi connectivity index (χ4n) is 4.02. The molecule has 2 aromatic carbocycles. The van der Waals surface area contributed by atoms with Crippen molar-refractivity contribution in [2.24, 2.45) is 0 Å². The van der Waals surface area contributed by atoms with Crippen LogP contribution in [0, 0.1) is 5.82 Å². The molecule has 12 heteroatoms. The number of benzene rings is 2. The van der Waals surface area contributed by atoms with E-state index in [4.69, 9.17) is 0 Å². The van der Waals surface area contributed by atoms with Gasteiger partial charge in [-0.1, -0.05) is 24.3 Å². The average Bonchev–Trinajstić information content (AvgIpc) is 3.43. The van der Waals surface area contributed by atoms with Crippen molar-refractivity contribution in [1.82, 2.24) is 4.31 Å². The van der Waals surface area contributed by atoms with Crippen LogP contribution >= 0.6 is 23.1 Å². The van der Waals surface area contributed by atoms with Crippen molar-refractivity contribution in [2.75, 3.05) is 37.0 Å². The third-order valence-corrected chi connectivity index (χ3v) is 10.4. The molecule has 0 amide bonds. The summed E-state index contributed by atoms with van der Waals surface area (Å²) in [6.45, 7) is -0.943. The first-order valence-corrected chi connectivity index (χ1v) is 14.3. The van der Waals surface area contributed by atoms with Gasteiger partial charge in [-0.2, -0.15) is 4.31 Å². The second kappa shape index (κ2) is 11.1. The van der Waals surface area contributed by atoms with Gasteiger partial charge < -0.3 is 10.0 Å². The van der Waals surface area contributed by atoms with Gasteiger partial charge in [-0.05, 0) is 47.3 Å². The van der Waals surface area contributed by atoms with E-state index in [0.29, 0.717) is 22.9 Å².